The number of hydrogen-bond acceptors (Lipinski definition) is 3. The first-order chi connectivity index (χ1) is 12.3. The number of aryl methyl sites for hydroxylation is 1. The molecule has 5 nitrogen and oxygen atoms in total. The van der Waals surface area contributed by atoms with Crippen molar-refractivity contribution in [1.29, 1.82) is 0 Å². The minimum absolute atomic E-state index is 0.0301. The van der Waals surface area contributed by atoms with Crippen LogP contribution in [0.5, 0.6) is 0 Å². The molecule has 1 saturated heterocycles. The van der Waals surface area contributed by atoms with Gasteiger partial charge in [0.2, 0.25) is 15.9 Å². The van der Waals surface area contributed by atoms with E-state index < -0.39 is 16.1 Å². The lowest BCUT2D eigenvalue weighted by atomic mass is 10.1. The largest absolute Gasteiger partial charge is 0.324 e. The summed E-state index contributed by atoms with van der Waals surface area (Å²) in [5.74, 6) is -0.333. The average molecular weight is 413 g/mol. The van der Waals surface area contributed by atoms with E-state index in [1.165, 1.54) is 22.5 Å². The van der Waals surface area contributed by atoms with E-state index in [4.69, 9.17) is 23.2 Å². The van der Waals surface area contributed by atoms with Gasteiger partial charge >= 0.3 is 0 Å². The van der Waals surface area contributed by atoms with Crippen molar-refractivity contribution in [2.24, 2.45) is 0 Å². The Labute approximate surface area is 163 Å². The summed E-state index contributed by atoms with van der Waals surface area (Å²) < 4.78 is 27.2. The molecule has 8 heteroatoms. The van der Waals surface area contributed by atoms with E-state index >= 15 is 0 Å². The van der Waals surface area contributed by atoms with E-state index in [0.29, 0.717) is 18.5 Å². The van der Waals surface area contributed by atoms with Crippen LogP contribution in [0, 0.1) is 6.92 Å². The molecule has 0 unspecified atom stereocenters. The van der Waals surface area contributed by atoms with Crippen LogP contribution in [0.1, 0.15) is 18.4 Å². The number of benzene rings is 2. The van der Waals surface area contributed by atoms with Gasteiger partial charge in [-0.15, -0.1) is 0 Å². The lowest BCUT2D eigenvalue weighted by molar-refractivity contribution is -0.119. The molecule has 2 aromatic carbocycles. The van der Waals surface area contributed by atoms with E-state index in [0.717, 1.165) is 5.56 Å². The lowest BCUT2D eigenvalue weighted by Gasteiger charge is -2.24. The van der Waals surface area contributed by atoms with E-state index in [2.05, 4.69) is 5.32 Å². The molecule has 1 fully saturated rings. The fourth-order valence-corrected chi connectivity index (χ4v) is 5.04. The maximum Gasteiger partial charge on any atom is 0.243 e. The highest BCUT2D eigenvalue weighted by Gasteiger charge is 2.39. The summed E-state index contributed by atoms with van der Waals surface area (Å²) in [5.41, 5.74) is 1.59. The molecule has 1 aliphatic heterocycles. The molecule has 1 atom stereocenters. The summed E-state index contributed by atoms with van der Waals surface area (Å²) in [6.07, 6.45) is 1.09. The number of carbonyl (C=O) groups is 1. The Balaban J connectivity index is 1.86. The minimum atomic E-state index is -3.85. The summed E-state index contributed by atoms with van der Waals surface area (Å²) in [4.78, 5) is 12.7. The quantitative estimate of drug-likeness (QED) is 0.821. The maximum atomic E-state index is 13.0. The van der Waals surface area contributed by atoms with Crippen molar-refractivity contribution in [2.75, 3.05) is 11.9 Å². The molecule has 2 aromatic rings. The first-order valence-electron chi connectivity index (χ1n) is 8.14. The van der Waals surface area contributed by atoms with Gasteiger partial charge in [-0.2, -0.15) is 4.31 Å². The molecule has 0 bridgehead atoms. The van der Waals surface area contributed by atoms with Crippen molar-refractivity contribution < 1.29 is 13.2 Å². The van der Waals surface area contributed by atoms with Gasteiger partial charge in [0.05, 0.1) is 14.9 Å². The number of halogens is 2. The monoisotopic (exact) mass is 412 g/mol. The fourth-order valence-electron chi connectivity index (χ4n) is 2.99. The first-order valence-corrected chi connectivity index (χ1v) is 10.3. The molecular formula is C18H18Cl2N2O3S. The zero-order valence-corrected chi connectivity index (χ0v) is 16.4. The maximum absolute atomic E-state index is 13.0. The predicted molar refractivity (Wildman–Crippen MR) is 103 cm³/mol. The Morgan fingerprint density at radius 2 is 1.88 bits per heavy atom. The molecule has 0 saturated carbocycles. The third-order valence-corrected chi connectivity index (χ3v) is 7.05. The number of amides is 1. The predicted octanol–water partition coefficient (Wildman–Crippen LogP) is 4.09. The Bertz CT molecular complexity index is 947. The van der Waals surface area contributed by atoms with Crippen molar-refractivity contribution >= 4 is 44.8 Å². The van der Waals surface area contributed by atoms with Crippen LogP contribution in [0.4, 0.5) is 5.69 Å². The molecular weight excluding hydrogens is 395 g/mol. The van der Waals surface area contributed by atoms with Crippen molar-refractivity contribution in [3.63, 3.8) is 0 Å². The summed E-state index contributed by atoms with van der Waals surface area (Å²) in [7, 11) is -3.85. The van der Waals surface area contributed by atoms with Crippen LogP contribution in [0.25, 0.3) is 0 Å². The second kappa shape index (κ2) is 7.56. The Hall–Kier alpha value is -1.60. The SMILES string of the molecule is Cc1ccccc1NC(=O)[C@H]1CCCN1S(=O)(=O)c1ccc(Cl)c(Cl)c1. The average Bonchev–Trinajstić information content (AvgIpc) is 3.10. The lowest BCUT2D eigenvalue weighted by Crippen LogP contribution is -2.43. The molecule has 1 N–H and O–H groups in total. The number of sulfonamides is 1. The number of nitrogens with zero attached hydrogens (tertiary/aromatic N) is 1. The zero-order valence-electron chi connectivity index (χ0n) is 14.1. The number of rotatable bonds is 4. The van der Waals surface area contributed by atoms with Gasteiger partial charge in [-0.3, -0.25) is 4.79 Å². The molecule has 0 aromatic heterocycles. The van der Waals surface area contributed by atoms with E-state index in [-0.39, 0.29) is 27.4 Å². The zero-order chi connectivity index (χ0) is 18.9. The number of para-hydroxylation sites is 1. The van der Waals surface area contributed by atoms with Crippen LogP contribution < -0.4 is 5.32 Å². The van der Waals surface area contributed by atoms with Crippen LogP contribution in [0.3, 0.4) is 0 Å². The van der Waals surface area contributed by atoms with Gasteiger partial charge in [0.15, 0.2) is 0 Å². The van der Waals surface area contributed by atoms with Crippen molar-refractivity contribution in [3.05, 3.63) is 58.1 Å². The highest BCUT2D eigenvalue weighted by molar-refractivity contribution is 7.89. The number of carbonyl (C=O) groups excluding carboxylic acids is 1. The Morgan fingerprint density at radius 1 is 1.15 bits per heavy atom. The minimum Gasteiger partial charge on any atom is -0.324 e. The molecule has 0 radical (unpaired) electrons. The highest BCUT2D eigenvalue weighted by Crippen LogP contribution is 2.31. The molecule has 3 rings (SSSR count). The van der Waals surface area contributed by atoms with Crippen LogP contribution in [0.15, 0.2) is 47.4 Å². The topological polar surface area (TPSA) is 66.5 Å². The van der Waals surface area contributed by atoms with Crippen molar-refractivity contribution in [3.8, 4) is 0 Å². The third kappa shape index (κ3) is 3.74. The van der Waals surface area contributed by atoms with Gasteiger partial charge in [0.25, 0.3) is 0 Å². The summed E-state index contributed by atoms with van der Waals surface area (Å²) in [6.45, 7) is 2.17. The van der Waals surface area contributed by atoms with Gasteiger partial charge in [-0.25, -0.2) is 8.42 Å². The van der Waals surface area contributed by atoms with Gasteiger partial charge in [-0.1, -0.05) is 41.4 Å². The second-order valence-corrected chi connectivity index (χ2v) is 8.86. The number of nitrogens with one attached hydrogen (secondary N) is 1. The molecule has 1 amide bonds. The van der Waals surface area contributed by atoms with Crippen LogP contribution in [-0.4, -0.2) is 31.2 Å². The van der Waals surface area contributed by atoms with Crippen LogP contribution >= 0.6 is 23.2 Å². The Kier molecular flexibility index (Phi) is 5.58. The Morgan fingerprint density at radius 3 is 2.58 bits per heavy atom. The van der Waals surface area contributed by atoms with Crippen LogP contribution in [-0.2, 0) is 14.8 Å². The molecule has 1 heterocycles. The van der Waals surface area contributed by atoms with Crippen LogP contribution in [0.2, 0.25) is 10.0 Å². The van der Waals surface area contributed by atoms with Gasteiger partial charge in [0, 0.05) is 12.2 Å². The van der Waals surface area contributed by atoms with Gasteiger partial charge in [0.1, 0.15) is 6.04 Å². The van der Waals surface area contributed by atoms with Gasteiger partial charge in [-0.05, 0) is 49.6 Å². The second-order valence-electron chi connectivity index (χ2n) is 6.15. The van der Waals surface area contributed by atoms with E-state index in [9.17, 15) is 13.2 Å². The molecule has 0 spiro atoms. The normalized spacial score (nSPS) is 18.0. The van der Waals surface area contributed by atoms with Gasteiger partial charge < -0.3 is 5.32 Å². The molecule has 26 heavy (non-hydrogen) atoms. The number of hydrogen-bond donors (Lipinski definition) is 1. The molecule has 1 aliphatic rings. The van der Waals surface area contributed by atoms with E-state index in [1.807, 2.05) is 25.1 Å². The molecule has 0 aliphatic carbocycles. The summed E-state index contributed by atoms with van der Waals surface area (Å²) in [6, 6.07) is 10.8. The van der Waals surface area contributed by atoms with E-state index in [1.54, 1.807) is 6.07 Å². The highest BCUT2D eigenvalue weighted by atomic mass is 35.5. The standard InChI is InChI=1S/C18H18Cl2N2O3S/c1-12-5-2-3-6-16(12)21-18(23)17-7-4-10-22(17)26(24,25)13-8-9-14(19)15(20)11-13/h2-3,5-6,8-9,11,17H,4,7,10H2,1H3,(H,21,23)/t17-/m1/s1. The fraction of sp³-hybridized carbons (Fsp3) is 0.278. The molecule has 138 valence electrons. The summed E-state index contributed by atoms with van der Waals surface area (Å²) >= 11 is 11.8. The third-order valence-electron chi connectivity index (χ3n) is 4.41. The summed E-state index contributed by atoms with van der Waals surface area (Å²) in [5, 5.41) is 3.27. The smallest absolute Gasteiger partial charge is 0.243 e. The first kappa shape index (κ1) is 19.2. The number of anilines is 1. The van der Waals surface area contributed by atoms with Crippen molar-refractivity contribution in [1.82, 2.24) is 4.31 Å². The van der Waals surface area contributed by atoms with Crippen molar-refractivity contribution in [2.45, 2.75) is 30.7 Å².